The van der Waals surface area contributed by atoms with Crippen LogP contribution in [0.4, 0.5) is 50.0 Å². The maximum Gasteiger partial charge on any atom is 0.434 e. The van der Waals surface area contributed by atoms with Crippen LogP contribution in [0.3, 0.4) is 0 Å². The fraction of sp³-hybridized carbons (Fsp3) is 0.667. The number of rotatable bonds is 5. The Hall–Kier alpha value is -2.42. The van der Waals surface area contributed by atoms with Crippen molar-refractivity contribution in [2.45, 2.75) is 37.6 Å². The van der Waals surface area contributed by atoms with Crippen LogP contribution in [0.15, 0.2) is 18.2 Å². The van der Waals surface area contributed by atoms with Crippen LogP contribution < -0.4 is 4.90 Å². The fourth-order valence-corrected chi connectivity index (χ4v) is 4.17. The van der Waals surface area contributed by atoms with E-state index in [0.717, 1.165) is 12.1 Å². The Labute approximate surface area is 200 Å². The zero-order valence-corrected chi connectivity index (χ0v) is 18.8. The van der Waals surface area contributed by atoms with Crippen LogP contribution in [0.1, 0.15) is 17.5 Å². The van der Waals surface area contributed by atoms with Crippen LogP contribution in [0, 0.1) is 5.92 Å². The van der Waals surface area contributed by atoms with Gasteiger partial charge in [-0.25, -0.2) is 4.79 Å². The second-order valence-corrected chi connectivity index (χ2v) is 8.78. The zero-order chi connectivity index (χ0) is 26.9. The summed E-state index contributed by atoms with van der Waals surface area (Å²) in [6, 6.07) is 3.57. The number of nitrogens with zero attached hydrogens (tertiary/aromatic N) is 3. The summed E-state index contributed by atoms with van der Waals surface area (Å²) in [5.41, 5.74) is -0.226. The third-order valence-corrected chi connectivity index (χ3v) is 6.06. The molecule has 1 atom stereocenters. The summed E-state index contributed by atoms with van der Waals surface area (Å²) in [4.78, 5) is 16.0. The molecule has 3 rings (SSSR count). The highest BCUT2D eigenvalue weighted by atomic mass is 19.4. The molecule has 2 aliphatic rings. The number of benzene rings is 1. The highest BCUT2D eigenvalue weighted by Crippen LogP contribution is 2.37. The first-order valence-corrected chi connectivity index (χ1v) is 11.0. The molecule has 1 aromatic rings. The minimum atomic E-state index is -5.83. The first-order valence-electron chi connectivity index (χ1n) is 11.0. The van der Waals surface area contributed by atoms with Gasteiger partial charge in [-0.15, -0.1) is 0 Å². The average molecular weight is 537 g/mol. The Morgan fingerprint density at radius 2 is 1.56 bits per heavy atom. The van der Waals surface area contributed by atoms with Crippen molar-refractivity contribution in [3.8, 4) is 0 Å². The van der Waals surface area contributed by atoms with Gasteiger partial charge in [0, 0.05) is 64.0 Å². The van der Waals surface area contributed by atoms with Crippen LogP contribution in [-0.4, -0.2) is 85.3 Å². The van der Waals surface area contributed by atoms with E-state index in [9.17, 15) is 49.4 Å². The maximum absolute atomic E-state index is 13.5. The van der Waals surface area contributed by atoms with Crippen molar-refractivity contribution in [2.24, 2.45) is 5.92 Å². The molecule has 0 spiro atoms. The molecule has 0 bridgehead atoms. The molecule has 15 heteroatoms. The number of piperazine rings is 1. The summed E-state index contributed by atoms with van der Waals surface area (Å²) in [5, 5.41) is 9.31. The van der Waals surface area contributed by atoms with Gasteiger partial charge in [0.25, 0.3) is 6.10 Å². The highest BCUT2D eigenvalue weighted by molar-refractivity contribution is 5.68. The Morgan fingerprint density at radius 1 is 0.944 bits per heavy atom. The lowest BCUT2D eigenvalue weighted by Gasteiger charge is -2.35. The van der Waals surface area contributed by atoms with E-state index in [1.54, 1.807) is 15.9 Å². The molecule has 1 amide bonds. The number of hydrogen-bond donors (Lipinski definition) is 1. The predicted molar refractivity (Wildman–Crippen MR) is 108 cm³/mol. The van der Waals surface area contributed by atoms with E-state index in [0.29, 0.717) is 35.7 Å². The quantitative estimate of drug-likeness (QED) is 0.569. The van der Waals surface area contributed by atoms with E-state index >= 15 is 0 Å². The van der Waals surface area contributed by atoms with Crippen molar-refractivity contribution in [2.75, 3.05) is 50.8 Å². The summed E-state index contributed by atoms with van der Waals surface area (Å²) in [6.07, 6.45) is -21.7. The topological polar surface area (TPSA) is 56.2 Å². The standard InChI is InChI=1S/C21H24F9N3O3/c22-19(23,24)15-7-14(8-16(9-15)33-2-1-13(11-33)12-34)10-31-3-5-32(6-4-31)18(35)36-17(20(25,26)27)21(28,29)30/h7-9,13,17,34H,1-6,10-12H2. The molecule has 2 saturated heterocycles. The molecular formula is C21H24F9N3O3. The summed E-state index contributed by atoms with van der Waals surface area (Å²) >= 11 is 0. The average Bonchev–Trinajstić information content (AvgIpc) is 3.25. The van der Waals surface area contributed by atoms with Crippen molar-refractivity contribution in [1.29, 1.82) is 0 Å². The summed E-state index contributed by atoms with van der Waals surface area (Å²) < 4.78 is 120. The Bertz CT molecular complexity index is 899. The van der Waals surface area contributed by atoms with Gasteiger partial charge in [0.2, 0.25) is 0 Å². The van der Waals surface area contributed by atoms with Gasteiger partial charge in [0.05, 0.1) is 5.56 Å². The van der Waals surface area contributed by atoms with Crippen LogP contribution in [0.2, 0.25) is 0 Å². The molecule has 0 aliphatic carbocycles. The number of carbonyl (C=O) groups is 1. The van der Waals surface area contributed by atoms with Gasteiger partial charge in [-0.1, -0.05) is 0 Å². The van der Waals surface area contributed by atoms with Crippen LogP contribution in [0.25, 0.3) is 0 Å². The number of aliphatic hydroxyl groups is 1. The van der Waals surface area contributed by atoms with Crippen molar-refractivity contribution in [1.82, 2.24) is 9.80 Å². The van der Waals surface area contributed by atoms with Crippen molar-refractivity contribution < 1.29 is 54.2 Å². The molecule has 2 fully saturated rings. The van der Waals surface area contributed by atoms with Gasteiger partial charge in [-0.3, -0.25) is 4.90 Å². The molecule has 2 aliphatic heterocycles. The lowest BCUT2D eigenvalue weighted by atomic mass is 10.1. The molecule has 0 saturated carbocycles. The van der Waals surface area contributed by atoms with Crippen LogP contribution in [-0.2, 0) is 17.5 Å². The Morgan fingerprint density at radius 3 is 2.06 bits per heavy atom. The largest absolute Gasteiger partial charge is 0.434 e. The van der Waals surface area contributed by atoms with Crippen LogP contribution >= 0.6 is 0 Å². The second kappa shape index (κ2) is 10.5. The molecule has 0 radical (unpaired) electrons. The van der Waals surface area contributed by atoms with E-state index < -0.39 is 36.3 Å². The zero-order valence-electron chi connectivity index (χ0n) is 18.8. The first-order chi connectivity index (χ1) is 16.6. The molecule has 0 aromatic heterocycles. The molecule has 36 heavy (non-hydrogen) atoms. The Balaban J connectivity index is 1.65. The minimum absolute atomic E-state index is 0.000316. The number of amides is 1. The Kier molecular flexibility index (Phi) is 8.23. The number of anilines is 1. The summed E-state index contributed by atoms with van der Waals surface area (Å²) in [7, 11) is 0. The van der Waals surface area contributed by atoms with E-state index in [1.807, 2.05) is 0 Å². The van der Waals surface area contributed by atoms with Gasteiger partial charge in [0.1, 0.15) is 0 Å². The molecule has 1 N–H and O–H groups in total. The maximum atomic E-state index is 13.5. The molecule has 6 nitrogen and oxygen atoms in total. The predicted octanol–water partition coefficient (Wildman–Crippen LogP) is 4.27. The molecule has 204 valence electrons. The lowest BCUT2D eigenvalue weighted by molar-refractivity contribution is -0.308. The lowest BCUT2D eigenvalue weighted by Crippen LogP contribution is -2.52. The van der Waals surface area contributed by atoms with E-state index in [2.05, 4.69) is 4.74 Å². The molecular weight excluding hydrogens is 513 g/mol. The van der Waals surface area contributed by atoms with Gasteiger partial charge in [-0.05, 0) is 30.2 Å². The number of aliphatic hydroxyl groups excluding tert-OH is 1. The highest BCUT2D eigenvalue weighted by Gasteiger charge is 2.60. The molecule has 2 heterocycles. The SMILES string of the molecule is O=C(OC(C(F)(F)F)C(F)(F)F)N1CCN(Cc2cc(N3CCC(CO)C3)cc(C(F)(F)F)c2)CC1. The van der Waals surface area contributed by atoms with Crippen LogP contribution in [0.5, 0.6) is 0 Å². The van der Waals surface area contributed by atoms with Crippen molar-refractivity contribution in [3.05, 3.63) is 29.3 Å². The monoisotopic (exact) mass is 537 g/mol. The van der Waals surface area contributed by atoms with E-state index in [1.165, 1.54) is 0 Å². The van der Waals surface area contributed by atoms with E-state index in [4.69, 9.17) is 0 Å². The third-order valence-electron chi connectivity index (χ3n) is 6.06. The molecule has 1 unspecified atom stereocenters. The van der Waals surface area contributed by atoms with Crippen molar-refractivity contribution in [3.63, 3.8) is 0 Å². The number of halogens is 9. The summed E-state index contributed by atoms with van der Waals surface area (Å²) in [5.74, 6) is -0.0508. The molecule has 1 aromatic carbocycles. The van der Waals surface area contributed by atoms with Gasteiger partial charge >= 0.3 is 24.6 Å². The number of carbonyl (C=O) groups excluding carboxylic acids is 1. The minimum Gasteiger partial charge on any atom is -0.426 e. The number of alkyl halides is 9. The third kappa shape index (κ3) is 7.08. The first kappa shape index (κ1) is 28.2. The smallest absolute Gasteiger partial charge is 0.426 e. The number of ether oxygens (including phenoxy) is 1. The second-order valence-electron chi connectivity index (χ2n) is 8.78. The fourth-order valence-electron chi connectivity index (χ4n) is 4.17. The van der Waals surface area contributed by atoms with Gasteiger partial charge in [0.15, 0.2) is 0 Å². The van der Waals surface area contributed by atoms with Gasteiger partial charge < -0.3 is 19.6 Å². The summed E-state index contributed by atoms with van der Waals surface area (Å²) in [6.45, 7) is 0.277. The van der Waals surface area contributed by atoms with E-state index in [-0.39, 0.29) is 45.2 Å². The van der Waals surface area contributed by atoms with Gasteiger partial charge in [-0.2, -0.15) is 39.5 Å². The normalized spacial score (nSPS) is 20.4. The van der Waals surface area contributed by atoms with Crippen molar-refractivity contribution >= 4 is 11.8 Å². The number of hydrogen-bond acceptors (Lipinski definition) is 5.